The Labute approximate surface area is 144 Å². The minimum absolute atomic E-state index is 0.101. The molecule has 1 atom stereocenters. The van der Waals surface area contributed by atoms with Crippen molar-refractivity contribution in [1.29, 1.82) is 5.26 Å². The molecule has 8 nitrogen and oxygen atoms in total. The van der Waals surface area contributed by atoms with Gasteiger partial charge in [0.15, 0.2) is 0 Å². The Bertz CT molecular complexity index is 887. The normalized spacial score (nSPS) is 13.0. The van der Waals surface area contributed by atoms with Crippen LogP contribution in [-0.4, -0.2) is 11.1 Å². The van der Waals surface area contributed by atoms with E-state index in [9.17, 15) is 23.3 Å². The molecule has 0 heterocycles. The van der Waals surface area contributed by atoms with Gasteiger partial charge in [-0.3, -0.25) is 10.1 Å². The Morgan fingerprint density at radius 1 is 1.04 bits per heavy atom. The second-order valence-corrected chi connectivity index (χ2v) is 4.76. The first-order valence-corrected chi connectivity index (χ1v) is 6.92. The van der Waals surface area contributed by atoms with E-state index in [2.05, 4.69) is 20.5 Å². The van der Waals surface area contributed by atoms with Gasteiger partial charge in [0.2, 0.25) is 0 Å². The third-order valence-corrected chi connectivity index (χ3v) is 2.92. The zero-order valence-electron chi connectivity index (χ0n) is 12.8. The second kappa shape index (κ2) is 7.93. The highest BCUT2D eigenvalue weighted by Gasteiger charge is 2.29. The molecule has 11 heteroatoms. The highest BCUT2D eigenvalue weighted by molar-refractivity contribution is 5.46. The summed E-state index contributed by atoms with van der Waals surface area (Å²) in [5.41, 5.74) is -0.784. The van der Waals surface area contributed by atoms with Crippen LogP contribution in [0.5, 0.6) is 0 Å². The zero-order chi connectivity index (χ0) is 19.2. The Morgan fingerprint density at radius 2 is 1.65 bits per heavy atom. The largest absolute Gasteiger partial charge is 0.416 e. The van der Waals surface area contributed by atoms with Gasteiger partial charge in [0, 0.05) is 12.1 Å². The van der Waals surface area contributed by atoms with E-state index in [4.69, 9.17) is 5.26 Å². The van der Waals surface area contributed by atoms with E-state index in [1.54, 1.807) is 6.07 Å². The summed E-state index contributed by atoms with van der Waals surface area (Å²) in [6, 6.07) is 10.8. The highest BCUT2D eigenvalue weighted by atomic mass is 19.4. The number of hydrogen-bond acceptors (Lipinski definition) is 7. The molecule has 0 saturated carbocycles. The molecular formula is C15H9F3N6O2. The SMILES string of the molecule is N#CC(N=Nc1ccc(C(F)(F)F)cc1)N=Nc1cccc([N+](=O)[O-])c1. The Hall–Kier alpha value is -3.68. The first-order valence-electron chi connectivity index (χ1n) is 6.92. The average Bonchev–Trinajstić information content (AvgIpc) is 2.61. The lowest BCUT2D eigenvalue weighted by Gasteiger charge is -2.05. The molecule has 0 spiro atoms. The molecule has 1 unspecified atom stereocenters. The summed E-state index contributed by atoms with van der Waals surface area (Å²) in [6.45, 7) is 0. The van der Waals surface area contributed by atoms with Crippen molar-refractivity contribution in [3.05, 3.63) is 64.2 Å². The molecule has 0 aliphatic carbocycles. The quantitative estimate of drug-likeness (QED) is 0.406. The maximum absolute atomic E-state index is 12.5. The zero-order valence-corrected chi connectivity index (χ0v) is 12.8. The summed E-state index contributed by atoms with van der Waals surface area (Å²) in [6.07, 6.45) is -5.81. The van der Waals surface area contributed by atoms with Crippen LogP contribution in [0.2, 0.25) is 0 Å². The Morgan fingerprint density at radius 3 is 2.19 bits per heavy atom. The maximum atomic E-state index is 12.5. The molecular weight excluding hydrogens is 353 g/mol. The number of non-ortho nitro benzene ring substituents is 1. The van der Waals surface area contributed by atoms with Crippen molar-refractivity contribution in [2.24, 2.45) is 20.5 Å². The lowest BCUT2D eigenvalue weighted by Crippen LogP contribution is -2.03. The number of alkyl halides is 3. The first-order chi connectivity index (χ1) is 12.3. The molecule has 0 aromatic heterocycles. The standard InChI is InChI=1S/C15H9F3N6O2/c16-15(17,18)10-4-6-11(7-5-10)20-22-14(9-19)23-21-12-2-1-3-13(8-12)24(25)26/h1-8,14H. The van der Waals surface area contributed by atoms with Crippen LogP contribution < -0.4 is 0 Å². The molecule has 0 N–H and O–H groups in total. The number of rotatable bonds is 5. The highest BCUT2D eigenvalue weighted by Crippen LogP contribution is 2.30. The van der Waals surface area contributed by atoms with Crippen molar-refractivity contribution in [2.75, 3.05) is 0 Å². The van der Waals surface area contributed by atoms with E-state index in [1.165, 1.54) is 18.2 Å². The molecule has 2 aromatic rings. The number of benzene rings is 2. The maximum Gasteiger partial charge on any atom is 0.416 e. The van der Waals surface area contributed by atoms with Gasteiger partial charge in [-0.1, -0.05) is 6.07 Å². The molecule has 2 rings (SSSR count). The monoisotopic (exact) mass is 362 g/mol. The Balaban J connectivity index is 2.09. The fourth-order valence-electron chi connectivity index (χ4n) is 1.70. The summed E-state index contributed by atoms with van der Waals surface area (Å²) in [7, 11) is 0. The fourth-order valence-corrected chi connectivity index (χ4v) is 1.70. The number of halogens is 3. The second-order valence-electron chi connectivity index (χ2n) is 4.76. The van der Waals surface area contributed by atoms with Gasteiger partial charge >= 0.3 is 6.18 Å². The van der Waals surface area contributed by atoms with Crippen LogP contribution in [0.1, 0.15) is 5.56 Å². The summed E-state index contributed by atoms with van der Waals surface area (Å²) >= 11 is 0. The lowest BCUT2D eigenvalue weighted by molar-refractivity contribution is -0.384. The van der Waals surface area contributed by atoms with Gasteiger partial charge in [0.25, 0.3) is 11.9 Å². The van der Waals surface area contributed by atoms with Gasteiger partial charge < -0.3 is 0 Å². The molecule has 0 saturated heterocycles. The van der Waals surface area contributed by atoms with Gasteiger partial charge in [0.05, 0.1) is 21.9 Å². The predicted octanol–water partition coefficient (Wildman–Crippen LogP) is 5.33. The van der Waals surface area contributed by atoms with E-state index in [-0.39, 0.29) is 17.1 Å². The summed E-state index contributed by atoms with van der Waals surface area (Å²) in [5.74, 6) is 0. The molecule has 26 heavy (non-hydrogen) atoms. The number of nitrogens with zero attached hydrogens (tertiary/aromatic N) is 6. The van der Waals surface area contributed by atoms with Crippen LogP contribution in [0.15, 0.2) is 69.0 Å². The van der Waals surface area contributed by atoms with Crippen molar-refractivity contribution >= 4 is 17.1 Å². The van der Waals surface area contributed by atoms with Gasteiger partial charge in [0.1, 0.15) is 6.07 Å². The average molecular weight is 362 g/mol. The Kier molecular flexibility index (Phi) is 5.69. The van der Waals surface area contributed by atoms with Crippen molar-refractivity contribution in [1.82, 2.24) is 0 Å². The third-order valence-electron chi connectivity index (χ3n) is 2.92. The molecule has 0 aliphatic heterocycles. The first kappa shape index (κ1) is 18.7. The van der Waals surface area contributed by atoms with Gasteiger partial charge in [-0.2, -0.15) is 28.7 Å². The summed E-state index contributed by atoms with van der Waals surface area (Å²) in [5, 5.41) is 34.1. The van der Waals surface area contributed by atoms with Crippen molar-refractivity contribution in [3.63, 3.8) is 0 Å². The van der Waals surface area contributed by atoms with E-state index < -0.39 is 22.8 Å². The number of azo groups is 2. The van der Waals surface area contributed by atoms with Crippen LogP contribution in [0.25, 0.3) is 0 Å². The minimum atomic E-state index is -4.46. The number of nitro benzene ring substituents is 1. The van der Waals surface area contributed by atoms with E-state index in [0.29, 0.717) is 0 Å². The molecule has 132 valence electrons. The van der Waals surface area contributed by atoms with Crippen LogP contribution in [-0.2, 0) is 6.18 Å². The van der Waals surface area contributed by atoms with Crippen molar-refractivity contribution in [3.8, 4) is 6.07 Å². The van der Waals surface area contributed by atoms with Crippen LogP contribution in [0.3, 0.4) is 0 Å². The van der Waals surface area contributed by atoms with Crippen molar-refractivity contribution in [2.45, 2.75) is 12.3 Å². The van der Waals surface area contributed by atoms with Crippen LogP contribution in [0, 0.1) is 21.4 Å². The van der Waals surface area contributed by atoms with Gasteiger partial charge in [-0.15, -0.1) is 10.2 Å². The fraction of sp³-hybridized carbons (Fsp3) is 0.133. The van der Waals surface area contributed by atoms with Gasteiger partial charge in [-0.05, 0) is 30.3 Å². The minimum Gasteiger partial charge on any atom is -0.258 e. The van der Waals surface area contributed by atoms with Crippen LogP contribution >= 0.6 is 0 Å². The molecule has 0 bridgehead atoms. The number of nitro groups is 1. The lowest BCUT2D eigenvalue weighted by atomic mass is 10.2. The predicted molar refractivity (Wildman–Crippen MR) is 83.0 cm³/mol. The molecule has 0 fully saturated rings. The molecule has 2 aromatic carbocycles. The topological polar surface area (TPSA) is 116 Å². The number of nitriles is 1. The molecule has 0 radical (unpaired) electrons. The van der Waals surface area contributed by atoms with Crippen LogP contribution in [0.4, 0.5) is 30.2 Å². The third kappa shape index (κ3) is 5.17. The smallest absolute Gasteiger partial charge is 0.258 e. The summed E-state index contributed by atoms with van der Waals surface area (Å²) < 4.78 is 37.4. The number of hydrogen-bond donors (Lipinski definition) is 0. The van der Waals surface area contributed by atoms with Crippen molar-refractivity contribution < 1.29 is 18.1 Å². The molecule has 0 aliphatic rings. The van der Waals surface area contributed by atoms with E-state index >= 15 is 0 Å². The summed E-state index contributed by atoms with van der Waals surface area (Å²) in [4.78, 5) is 10.1. The van der Waals surface area contributed by atoms with E-state index in [1.807, 2.05) is 0 Å². The molecule has 0 amide bonds. The van der Waals surface area contributed by atoms with E-state index in [0.717, 1.165) is 30.3 Å². The van der Waals surface area contributed by atoms with Gasteiger partial charge in [-0.25, -0.2) is 0 Å².